The molecule has 0 aliphatic rings. The molecule has 0 fully saturated rings. The minimum atomic E-state index is 0.185. The van der Waals surface area contributed by atoms with Crippen molar-refractivity contribution in [3.05, 3.63) is 126 Å². The predicted molar refractivity (Wildman–Crippen MR) is 117 cm³/mol. The average Bonchev–Trinajstić information content (AvgIpc) is 2.80. The van der Waals surface area contributed by atoms with Gasteiger partial charge in [0.25, 0.3) is 0 Å². The summed E-state index contributed by atoms with van der Waals surface area (Å²) >= 11 is 0. The summed E-state index contributed by atoms with van der Waals surface area (Å²) in [6, 6.07) is 37.0. The van der Waals surface area contributed by atoms with Crippen LogP contribution < -0.4 is 4.74 Å². The molecule has 3 heteroatoms. The number of rotatable bonds is 6. The van der Waals surface area contributed by atoms with Crippen LogP contribution in [0.4, 0.5) is 11.4 Å². The lowest BCUT2D eigenvalue weighted by molar-refractivity contribution is 0.415. The van der Waals surface area contributed by atoms with Gasteiger partial charge in [0.05, 0.1) is 18.5 Å². The van der Waals surface area contributed by atoms with Gasteiger partial charge in [0.15, 0.2) is 0 Å². The van der Waals surface area contributed by atoms with Crippen LogP contribution in [0.1, 0.15) is 22.6 Å². The minimum absolute atomic E-state index is 0.185. The Morgan fingerprint density at radius 3 is 1.38 bits per heavy atom. The molecule has 0 heterocycles. The number of nitrogens with zero attached hydrogens (tertiary/aromatic N) is 2. The van der Waals surface area contributed by atoms with Gasteiger partial charge in [0.1, 0.15) is 5.75 Å². The van der Waals surface area contributed by atoms with E-state index in [2.05, 4.69) is 70.9 Å². The summed E-state index contributed by atoms with van der Waals surface area (Å²) in [5.74, 6) is 0.992. The number of azo groups is 1. The summed E-state index contributed by atoms with van der Waals surface area (Å²) < 4.78 is 5.17. The molecule has 0 aliphatic carbocycles. The van der Waals surface area contributed by atoms with Crippen molar-refractivity contribution < 1.29 is 4.74 Å². The Labute approximate surface area is 171 Å². The fraction of sp³-hybridized carbons (Fsp3) is 0.0769. The lowest BCUT2D eigenvalue weighted by Gasteiger charge is -2.19. The first-order chi connectivity index (χ1) is 14.3. The van der Waals surface area contributed by atoms with Gasteiger partial charge in [-0.05, 0) is 53.1 Å². The maximum absolute atomic E-state index is 5.17. The third-order valence-electron chi connectivity index (χ3n) is 4.85. The quantitative estimate of drug-likeness (QED) is 0.256. The standard InChI is InChI=1S/C26H22N2O/c1-29-25-18-16-24(17-19-25)28-27-23-14-12-22(13-15-23)26(20-8-4-2-5-9-20)21-10-6-3-7-11-21/h2-19,26H,1H3. The SMILES string of the molecule is COc1ccc(N=Nc2ccc(C(c3ccccc3)c3ccccc3)cc2)cc1. The summed E-state index contributed by atoms with van der Waals surface area (Å²) in [4.78, 5) is 0. The van der Waals surface area contributed by atoms with E-state index < -0.39 is 0 Å². The van der Waals surface area contributed by atoms with Crippen LogP contribution >= 0.6 is 0 Å². The second-order valence-corrected chi connectivity index (χ2v) is 6.74. The summed E-state index contributed by atoms with van der Waals surface area (Å²) in [5.41, 5.74) is 5.38. The van der Waals surface area contributed by atoms with Gasteiger partial charge in [-0.15, -0.1) is 0 Å². The van der Waals surface area contributed by atoms with Crippen molar-refractivity contribution in [3.8, 4) is 5.75 Å². The van der Waals surface area contributed by atoms with Crippen LogP contribution in [-0.4, -0.2) is 7.11 Å². The van der Waals surface area contributed by atoms with Crippen molar-refractivity contribution in [1.29, 1.82) is 0 Å². The maximum Gasteiger partial charge on any atom is 0.119 e. The molecule has 4 rings (SSSR count). The van der Waals surface area contributed by atoms with E-state index in [1.54, 1.807) is 7.11 Å². The maximum atomic E-state index is 5.17. The van der Waals surface area contributed by atoms with E-state index in [0.717, 1.165) is 17.1 Å². The molecule has 0 aliphatic heterocycles. The Hall–Kier alpha value is -3.72. The molecule has 4 aromatic rings. The molecule has 0 N–H and O–H groups in total. The first kappa shape index (κ1) is 18.6. The van der Waals surface area contributed by atoms with Crippen LogP contribution in [0.2, 0.25) is 0 Å². The van der Waals surface area contributed by atoms with E-state index in [-0.39, 0.29) is 5.92 Å². The van der Waals surface area contributed by atoms with E-state index >= 15 is 0 Å². The molecule has 0 radical (unpaired) electrons. The Bertz CT molecular complexity index is 1020. The van der Waals surface area contributed by atoms with E-state index in [1.807, 2.05) is 48.5 Å². The normalized spacial score (nSPS) is 11.1. The van der Waals surface area contributed by atoms with Gasteiger partial charge in [-0.2, -0.15) is 10.2 Å². The van der Waals surface area contributed by atoms with E-state index in [1.165, 1.54) is 16.7 Å². The largest absolute Gasteiger partial charge is 0.497 e. The molecule has 29 heavy (non-hydrogen) atoms. The summed E-state index contributed by atoms with van der Waals surface area (Å²) in [5, 5.41) is 8.67. The zero-order valence-electron chi connectivity index (χ0n) is 16.3. The monoisotopic (exact) mass is 378 g/mol. The van der Waals surface area contributed by atoms with Gasteiger partial charge in [0.2, 0.25) is 0 Å². The third kappa shape index (κ3) is 4.58. The smallest absolute Gasteiger partial charge is 0.119 e. The van der Waals surface area contributed by atoms with Crippen LogP contribution in [0, 0.1) is 0 Å². The molecule has 0 saturated carbocycles. The zero-order valence-corrected chi connectivity index (χ0v) is 16.3. The molecule has 142 valence electrons. The van der Waals surface area contributed by atoms with Gasteiger partial charge >= 0.3 is 0 Å². The summed E-state index contributed by atoms with van der Waals surface area (Å²) in [6.07, 6.45) is 0. The van der Waals surface area contributed by atoms with Crippen LogP contribution in [0.5, 0.6) is 5.75 Å². The molecule has 0 bridgehead atoms. The fourth-order valence-corrected chi connectivity index (χ4v) is 3.37. The van der Waals surface area contributed by atoms with Gasteiger partial charge < -0.3 is 4.74 Å². The Morgan fingerprint density at radius 2 is 0.931 bits per heavy atom. The van der Waals surface area contributed by atoms with Crippen molar-refractivity contribution in [3.63, 3.8) is 0 Å². The molecular weight excluding hydrogens is 356 g/mol. The summed E-state index contributed by atoms with van der Waals surface area (Å²) in [7, 11) is 1.65. The first-order valence-electron chi connectivity index (χ1n) is 9.59. The van der Waals surface area contributed by atoms with Crippen molar-refractivity contribution in [1.82, 2.24) is 0 Å². The number of hydrogen-bond donors (Lipinski definition) is 0. The molecule has 4 aromatic carbocycles. The van der Waals surface area contributed by atoms with Crippen LogP contribution in [-0.2, 0) is 0 Å². The topological polar surface area (TPSA) is 34.0 Å². The molecule has 0 aromatic heterocycles. The minimum Gasteiger partial charge on any atom is -0.497 e. The Kier molecular flexibility index (Phi) is 5.77. The second kappa shape index (κ2) is 8.98. The molecule has 0 amide bonds. The van der Waals surface area contributed by atoms with Crippen LogP contribution in [0.25, 0.3) is 0 Å². The van der Waals surface area contributed by atoms with Gasteiger partial charge in [-0.3, -0.25) is 0 Å². The highest BCUT2D eigenvalue weighted by molar-refractivity contribution is 5.48. The van der Waals surface area contributed by atoms with Gasteiger partial charge in [0, 0.05) is 5.92 Å². The van der Waals surface area contributed by atoms with E-state index in [9.17, 15) is 0 Å². The first-order valence-corrected chi connectivity index (χ1v) is 9.59. The predicted octanol–water partition coefficient (Wildman–Crippen LogP) is 7.29. The number of ether oxygens (including phenoxy) is 1. The molecule has 0 spiro atoms. The van der Waals surface area contributed by atoms with Crippen molar-refractivity contribution >= 4 is 11.4 Å². The molecule has 3 nitrogen and oxygen atoms in total. The van der Waals surface area contributed by atoms with E-state index in [4.69, 9.17) is 4.74 Å². The Morgan fingerprint density at radius 1 is 0.517 bits per heavy atom. The lowest BCUT2D eigenvalue weighted by Crippen LogP contribution is -2.02. The van der Waals surface area contributed by atoms with Gasteiger partial charge in [-0.1, -0.05) is 72.8 Å². The van der Waals surface area contributed by atoms with Crippen LogP contribution in [0.15, 0.2) is 119 Å². The highest BCUT2D eigenvalue weighted by Crippen LogP contribution is 2.33. The van der Waals surface area contributed by atoms with Crippen molar-refractivity contribution in [2.24, 2.45) is 10.2 Å². The second-order valence-electron chi connectivity index (χ2n) is 6.74. The average molecular weight is 378 g/mol. The number of hydrogen-bond acceptors (Lipinski definition) is 3. The highest BCUT2D eigenvalue weighted by Gasteiger charge is 2.16. The Balaban J connectivity index is 1.59. The fourth-order valence-electron chi connectivity index (χ4n) is 3.37. The molecular formula is C26H22N2O. The third-order valence-corrected chi connectivity index (χ3v) is 4.85. The van der Waals surface area contributed by atoms with Crippen LogP contribution in [0.3, 0.4) is 0 Å². The molecule has 0 atom stereocenters. The van der Waals surface area contributed by atoms with Gasteiger partial charge in [-0.25, -0.2) is 0 Å². The van der Waals surface area contributed by atoms with Crippen molar-refractivity contribution in [2.45, 2.75) is 5.92 Å². The number of benzene rings is 4. The molecule has 0 unspecified atom stereocenters. The van der Waals surface area contributed by atoms with E-state index in [0.29, 0.717) is 0 Å². The number of methoxy groups -OCH3 is 1. The van der Waals surface area contributed by atoms with Crippen molar-refractivity contribution in [2.75, 3.05) is 7.11 Å². The highest BCUT2D eigenvalue weighted by atomic mass is 16.5. The lowest BCUT2D eigenvalue weighted by atomic mass is 9.85. The molecule has 0 saturated heterocycles. The zero-order chi connectivity index (χ0) is 19.9. The summed E-state index contributed by atoms with van der Waals surface area (Å²) in [6.45, 7) is 0.